The lowest BCUT2D eigenvalue weighted by molar-refractivity contribution is 0.0694. The summed E-state index contributed by atoms with van der Waals surface area (Å²) in [6, 6.07) is 2.86. The number of halogens is 1. The molecule has 0 atom stereocenters. The Labute approximate surface area is 184 Å². The Bertz CT molecular complexity index is 1130. The Morgan fingerprint density at radius 2 is 1.78 bits per heavy atom. The number of rotatable bonds is 8. The van der Waals surface area contributed by atoms with Crippen molar-refractivity contribution < 1.29 is 27.9 Å². The van der Waals surface area contributed by atoms with Crippen LogP contribution in [0.1, 0.15) is 43.1 Å². The van der Waals surface area contributed by atoms with Gasteiger partial charge in [0, 0.05) is 43.8 Å². The lowest BCUT2D eigenvalue weighted by Crippen LogP contribution is -2.45. The molecule has 0 radical (unpaired) electrons. The van der Waals surface area contributed by atoms with Crippen molar-refractivity contribution in [2.45, 2.75) is 32.7 Å². The number of carboxylic acids is 1. The average Bonchev–Trinajstić information content (AvgIpc) is 3.59. The smallest absolute Gasteiger partial charge is 0.408 e. The molecule has 0 unspecified atom stereocenters. The molecule has 0 amide bonds. The maximum Gasteiger partial charge on any atom is 0.408 e. The molecule has 1 N–H and O–H groups in total. The van der Waals surface area contributed by atoms with E-state index >= 15 is 4.39 Å². The van der Waals surface area contributed by atoms with Gasteiger partial charge in [0.2, 0.25) is 5.43 Å². The number of benzene rings is 1. The second-order valence-corrected chi connectivity index (χ2v) is 9.90. The van der Waals surface area contributed by atoms with E-state index in [1.165, 1.54) is 6.20 Å². The number of pyridine rings is 1. The summed E-state index contributed by atoms with van der Waals surface area (Å²) in [4.78, 5) is 26.0. The van der Waals surface area contributed by atoms with E-state index in [2.05, 4.69) is 0 Å². The van der Waals surface area contributed by atoms with E-state index in [1.54, 1.807) is 29.2 Å². The molecule has 11 heteroatoms. The fraction of sp³-hybridized carbons (Fsp3) is 0.524. The van der Waals surface area contributed by atoms with Crippen molar-refractivity contribution in [3.05, 3.63) is 39.9 Å². The molecule has 2 aromatic rings. The minimum absolute atomic E-state index is 0.0638. The summed E-state index contributed by atoms with van der Waals surface area (Å²) >= 11 is 0. The molecule has 1 aliphatic carbocycles. The van der Waals surface area contributed by atoms with Gasteiger partial charge in [0.05, 0.1) is 24.4 Å². The van der Waals surface area contributed by atoms with Crippen molar-refractivity contribution in [2.75, 3.05) is 44.3 Å². The highest BCUT2D eigenvalue weighted by Crippen LogP contribution is 2.52. The molecule has 1 aromatic carbocycles. The molecule has 4 rings (SSSR count). The van der Waals surface area contributed by atoms with E-state index in [0.29, 0.717) is 37.4 Å². The number of aromatic nitrogens is 1. The number of fused-ring (bicyclic) bond motifs is 1. The van der Waals surface area contributed by atoms with Gasteiger partial charge < -0.3 is 14.6 Å². The predicted octanol–water partition coefficient (Wildman–Crippen LogP) is 3.48. The molecular weight excluding hydrogens is 440 g/mol. The maximum atomic E-state index is 15.1. The van der Waals surface area contributed by atoms with Crippen LogP contribution >= 0.6 is 7.75 Å². The Morgan fingerprint density at radius 1 is 1.16 bits per heavy atom. The van der Waals surface area contributed by atoms with Crippen molar-refractivity contribution in [3.8, 4) is 0 Å². The van der Waals surface area contributed by atoms with Gasteiger partial charge in [-0.3, -0.25) is 13.8 Å². The van der Waals surface area contributed by atoms with E-state index in [-0.39, 0.29) is 30.2 Å². The second-order valence-electron chi connectivity index (χ2n) is 7.88. The van der Waals surface area contributed by atoms with Crippen molar-refractivity contribution in [3.63, 3.8) is 0 Å². The van der Waals surface area contributed by atoms with Crippen LogP contribution in [-0.2, 0) is 13.6 Å². The third kappa shape index (κ3) is 4.20. The highest BCUT2D eigenvalue weighted by Gasteiger charge is 2.36. The minimum Gasteiger partial charge on any atom is -0.477 e. The van der Waals surface area contributed by atoms with Gasteiger partial charge in [-0.15, -0.1) is 0 Å². The van der Waals surface area contributed by atoms with Crippen molar-refractivity contribution >= 4 is 30.3 Å². The number of piperazine rings is 1. The van der Waals surface area contributed by atoms with Crippen LogP contribution in [0.4, 0.5) is 10.1 Å². The Balaban J connectivity index is 1.66. The molecule has 9 nitrogen and oxygen atoms in total. The zero-order chi connectivity index (χ0) is 23.0. The number of hydrogen-bond acceptors (Lipinski definition) is 6. The fourth-order valence-electron chi connectivity index (χ4n) is 4.12. The lowest BCUT2D eigenvalue weighted by atomic mass is 10.1. The molecule has 2 heterocycles. The average molecular weight is 467 g/mol. The molecule has 1 saturated heterocycles. The molecular formula is C21H27FN3O6P. The fourth-order valence-corrected chi connectivity index (χ4v) is 5.84. The molecule has 1 aromatic heterocycles. The first-order valence-corrected chi connectivity index (χ1v) is 12.3. The molecule has 1 aliphatic heterocycles. The van der Waals surface area contributed by atoms with Gasteiger partial charge >= 0.3 is 13.7 Å². The first kappa shape index (κ1) is 22.9. The number of anilines is 1. The van der Waals surface area contributed by atoms with Crippen LogP contribution < -0.4 is 10.3 Å². The van der Waals surface area contributed by atoms with Crippen molar-refractivity contribution in [1.29, 1.82) is 0 Å². The van der Waals surface area contributed by atoms with E-state index in [4.69, 9.17) is 9.05 Å². The van der Waals surface area contributed by atoms with Crippen LogP contribution in [0, 0.1) is 5.82 Å². The van der Waals surface area contributed by atoms with Gasteiger partial charge in [0.25, 0.3) is 0 Å². The van der Waals surface area contributed by atoms with Crippen LogP contribution in [0.5, 0.6) is 0 Å². The quantitative estimate of drug-likeness (QED) is 0.589. The zero-order valence-electron chi connectivity index (χ0n) is 18.1. The molecule has 2 aliphatic rings. The topological polar surface area (TPSA) is 101 Å². The van der Waals surface area contributed by atoms with Crippen LogP contribution in [-0.4, -0.2) is 59.7 Å². The number of hydrogen-bond donors (Lipinski definition) is 1. The summed E-state index contributed by atoms with van der Waals surface area (Å²) in [5.41, 5.74) is -0.186. The highest BCUT2D eigenvalue weighted by atomic mass is 31.2. The van der Waals surface area contributed by atoms with Gasteiger partial charge in [0.15, 0.2) is 0 Å². The molecule has 2 fully saturated rings. The van der Waals surface area contributed by atoms with E-state index in [1.807, 2.05) is 4.90 Å². The first-order chi connectivity index (χ1) is 15.3. The van der Waals surface area contributed by atoms with Crippen LogP contribution in [0.3, 0.4) is 0 Å². The number of carbonyl (C=O) groups is 1. The van der Waals surface area contributed by atoms with Crippen molar-refractivity contribution in [2.24, 2.45) is 0 Å². The third-order valence-corrected chi connectivity index (χ3v) is 8.06. The Morgan fingerprint density at radius 3 is 2.31 bits per heavy atom. The molecule has 0 spiro atoms. The van der Waals surface area contributed by atoms with Crippen LogP contribution in [0.15, 0.2) is 23.1 Å². The van der Waals surface area contributed by atoms with Gasteiger partial charge in [-0.2, -0.15) is 0 Å². The largest absolute Gasteiger partial charge is 0.477 e. The third-order valence-electron chi connectivity index (χ3n) is 5.80. The summed E-state index contributed by atoms with van der Waals surface area (Å²) in [6.45, 7) is 5.54. The summed E-state index contributed by atoms with van der Waals surface area (Å²) < 4.78 is 42.3. The summed E-state index contributed by atoms with van der Waals surface area (Å²) in [5, 5.41) is 9.45. The van der Waals surface area contributed by atoms with Crippen molar-refractivity contribution in [1.82, 2.24) is 9.24 Å². The maximum absolute atomic E-state index is 15.1. The number of aromatic carboxylic acids is 1. The first-order valence-electron chi connectivity index (χ1n) is 10.8. The predicted molar refractivity (Wildman–Crippen MR) is 118 cm³/mol. The monoisotopic (exact) mass is 467 g/mol. The molecule has 0 bridgehead atoms. The van der Waals surface area contributed by atoms with Gasteiger partial charge in [0.1, 0.15) is 11.4 Å². The van der Waals surface area contributed by atoms with E-state index < -0.39 is 25.0 Å². The summed E-state index contributed by atoms with van der Waals surface area (Å²) in [7, 11) is -3.39. The SMILES string of the molecule is CCOP(=O)(OCC)N1CCN(c2cc3c(cc2F)c(=O)c(C(=O)O)cn3C2CC2)CC1. The molecule has 174 valence electrons. The molecule has 32 heavy (non-hydrogen) atoms. The zero-order valence-corrected chi connectivity index (χ0v) is 19.0. The van der Waals surface area contributed by atoms with E-state index in [0.717, 1.165) is 18.9 Å². The normalized spacial score (nSPS) is 17.8. The van der Waals surface area contributed by atoms with Gasteiger partial charge in [-0.1, -0.05) is 0 Å². The highest BCUT2D eigenvalue weighted by molar-refractivity contribution is 7.51. The lowest BCUT2D eigenvalue weighted by Gasteiger charge is -2.38. The Hall–Kier alpha value is -2.26. The van der Waals surface area contributed by atoms with E-state index in [9.17, 15) is 19.3 Å². The minimum atomic E-state index is -3.39. The van der Waals surface area contributed by atoms with Gasteiger partial charge in [-0.05, 0) is 38.8 Å². The second kappa shape index (κ2) is 8.94. The summed E-state index contributed by atoms with van der Waals surface area (Å²) in [5.74, 6) is -1.91. The molecule has 1 saturated carbocycles. The van der Waals surface area contributed by atoms with Gasteiger partial charge in [-0.25, -0.2) is 18.4 Å². The standard InChI is InChI=1S/C21H27FN3O6P/c1-3-30-32(29,31-4-2)24-9-7-23(8-10-24)19-12-18-15(11-17(19)22)20(26)16(21(27)28)13-25(18)14-5-6-14/h11-14H,3-10H2,1-2H3,(H,27,28). The summed E-state index contributed by atoms with van der Waals surface area (Å²) in [6.07, 6.45) is 3.13. The number of nitrogens with zero attached hydrogens (tertiary/aromatic N) is 3. The number of carboxylic acid groups (broad SMARTS) is 1. The van der Waals surface area contributed by atoms with Crippen LogP contribution in [0.25, 0.3) is 10.9 Å². The Kier molecular flexibility index (Phi) is 6.40. The van der Waals surface area contributed by atoms with Crippen LogP contribution in [0.2, 0.25) is 0 Å².